The Bertz CT molecular complexity index is 393. The lowest BCUT2D eigenvalue weighted by atomic mass is 10.1. The van der Waals surface area contributed by atoms with Crippen molar-refractivity contribution in [2.45, 2.75) is 27.3 Å². The molecule has 0 radical (unpaired) electrons. The summed E-state index contributed by atoms with van der Waals surface area (Å²) >= 11 is 0. The average molecular weight is 196 g/mol. The van der Waals surface area contributed by atoms with Gasteiger partial charge in [-0.05, 0) is 20.8 Å². The molecule has 1 N–H and O–H groups in total. The van der Waals surface area contributed by atoms with Gasteiger partial charge in [-0.1, -0.05) is 0 Å². The first-order chi connectivity index (χ1) is 6.43. The molecule has 0 aliphatic heterocycles. The summed E-state index contributed by atoms with van der Waals surface area (Å²) in [7, 11) is 0. The predicted molar refractivity (Wildman–Crippen MR) is 49.3 cm³/mol. The topological polar surface area (TPSA) is 72.2 Å². The Labute approximate surface area is 81.3 Å². The third-order valence-corrected chi connectivity index (χ3v) is 2.02. The van der Waals surface area contributed by atoms with Crippen LogP contribution in [0.3, 0.4) is 0 Å². The van der Waals surface area contributed by atoms with Crippen LogP contribution in [0.25, 0.3) is 0 Å². The Morgan fingerprint density at radius 1 is 1.43 bits per heavy atom. The van der Waals surface area contributed by atoms with E-state index in [0.29, 0.717) is 17.0 Å². The van der Waals surface area contributed by atoms with Gasteiger partial charge in [-0.3, -0.25) is 14.3 Å². The molecule has 1 heterocycles. The minimum atomic E-state index is -0.967. The van der Waals surface area contributed by atoms with Gasteiger partial charge in [0.15, 0.2) is 5.78 Å². The van der Waals surface area contributed by atoms with Crippen LogP contribution in [0.4, 0.5) is 0 Å². The van der Waals surface area contributed by atoms with Gasteiger partial charge >= 0.3 is 5.97 Å². The van der Waals surface area contributed by atoms with Crippen LogP contribution in [0.15, 0.2) is 0 Å². The molecular weight excluding hydrogens is 184 g/mol. The Morgan fingerprint density at radius 2 is 2.00 bits per heavy atom. The summed E-state index contributed by atoms with van der Waals surface area (Å²) in [6, 6.07) is 0. The molecule has 0 unspecified atom stereocenters. The van der Waals surface area contributed by atoms with E-state index in [9.17, 15) is 9.59 Å². The van der Waals surface area contributed by atoms with Crippen LogP contribution in [0.5, 0.6) is 0 Å². The molecule has 5 nitrogen and oxygen atoms in total. The molecule has 0 atom stereocenters. The molecule has 0 aromatic carbocycles. The number of Topliss-reactive ketones (excluding diaryl/α,β-unsaturated/α-hetero) is 1. The normalized spacial score (nSPS) is 10.2. The summed E-state index contributed by atoms with van der Waals surface area (Å²) in [5.74, 6) is -1.05. The van der Waals surface area contributed by atoms with Gasteiger partial charge in [0.2, 0.25) is 0 Å². The number of nitrogens with zero attached hydrogens (tertiary/aromatic N) is 2. The second kappa shape index (κ2) is 3.61. The van der Waals surface area contributed by atoms with E-state index in [1.165, 1.54) is 11.6 Å². The zero-order valence-corrected chi connectivity index (χ0v) is 8.37. The standard InChI is InChI=1S/C9H12N2O3/c1-5-9(7(3)12)6(2)11(10-5)4-8(13)14/h4H2,1-3H3,(H,13,14). The predicted octanol–water partition coefficient (Wildman–Crippen LogP) is 0.787. The van der Waals surface area contributed by atoms with Crippen LogP contribution >= 0.6 is 0 Å². The maximum atomic E-state index is 11.2. The van der Waals surface area contributed by atoms with E-state index in [-0.39, 0.29) is 12.3 Å². The highest BCUT2D eigenvalue weighted by atomic mass is 16.4. The van der Waals surface area contributed by atoms with Crippen molar-refractivity contribution < 1.29 is 14.7 Å². The van der Waals surface area contributed by atoms with Crippen LogP contribution in [-0.2, 0) is 11.3 Å². The molecule has 0 bridgehead atoms. The van der Waals surface area contributed by atoms with E-state index < -0.39 is 5.97 Å². The number of carboxylic acid groups (broad SMARTS) is 1. The summed E-state index contributed by atoms with van der Waals surface area (Å²) in [4.78, 5) is 21.7. The van der Waals surface area contributed by atoms with Crippen LogP contribution < -0.4 is 0 Å². The van der Waals surface area contributed by atoms with Crippen molar-refractivity contribution in [3.8, 4) is 0 Å². The number of aromatic nitrogens is 2. The zero-order chi connectivity index (χ0) is 10.9. The number of rotatable bonds is 3. The summed E-state index contributed by atoms with van der Waals surface area (Å²) in [5.41, 5.74) is 1.71. The van der Waals surface area contributed by atoms with Crippen LogP contribution in [0.1, 0.15) is 28.7 Å². The fourth-order valence-corrected chi connectivity index (χ4v) is 1.49. The molecule has 5 heteroatoms. The minimum absolute atomic E-state index is 0.0864. The monoisotopic (exact) mass is 196 g/mol. The van der Waals surface area contributed by atoms with E-state index in [1.54, 1.807) is 13.8 Å². The summed E-state index contributed by atoms with van der Waals surface area (Å²) in [5, 5.41) is 12.6. The van der Waals surface area contributed by atoms with E-state index >= 15 is 0 Å². The number of hydrogen-bond donors (Lipinski definition) is 1. The van der Waals surface area contributed by atoms with Crippen molar-refractivity contribution in [1.82, 2.24) is 9.78 Å². The summed E-state index contributed by atoms with van der Waals surface area (Å²) in [6.45, 7) is 4.63. The highest BCUT2D eigenvalue weighted by Crippen LogP contribution is 2.13. The quantitative estimate of drug-likeness (QED) is 0.725. The molecule has 0 spiro atoms. The first kappa shape index (κ1) is 10.4. The molecule has 76 valence electrons. The minimum Gasteiger partial charge on any atom is -0.480 e. The average Bonchev–Trinajstić information content (AvgIpc) is 2.25. The smallest absolute Gasteiger partial charge is 0.325 e. The van der Waals surface area contributed by atoms with E-state index in [0.717, 1.165) is 0 Å². The second-order valence-electron chi connectivity index (χ2n) is 3.15. The molecule has 1 aromatic heterocycles. The van der Waals surface area contributed by atoms with Gasteiger partial charge in [0, 0.05) is 5.69 Å². The van der Waals surface area contributed by atoms with E-state index in [4.69, 9.17) is 5.11 Å². The molecule has 0 saturated carbocycles. The van der Waals surface area contributed by atoms with Gasteiger partial charge in [0.1, 0.15) is 6.54 Å². The molecule has 1 aromatic rings. The third-order valence-electron chi connectivity index (χ3n) is 2.02. The number of aliphatic carboxylic acids is 1. The number of carbonyl (C=O) groups is 2. The van der Waals surface area contributed by atoms with Gasteiger partial charge < -0.3 is 5.11 Å². The molecule has 0 saturated heterocycles. The number of carbonyl (C=O) groups excluding carboxylic acids is 1. The van der Waals surface area contributed by atoms with E-state index in [2.05, 4.69) is 5.10 Å². The Hall–Kier alpha value is -1.65. The van der Waals surface area contributed by atoms with Gasteiger partial charge in [0.05, 0.1) is 11.3 Å². The van der Waals surface area contributed by atoms with Crippen molar-refractivity contribution in [3.63, 3.8) is 0 Å². The lowest BCUT2D eigenvalue weighted by molar-refractivity contribution is -0.137. The highest BCUT2D eigenvalue weighted by molar-refractivity contribution is 5.96. The summed E-state index contributed by atoms with van der Waals surface area (Å²) < 4.78 is 1.33. The molecule has 0 amide bonds. The number of aryl methyl sites for hydroxylation is 1. The number of ketones is 1. The molecule has 14 heavy (non-hydrogen) atoms. The van der Waals surface area contributed by atoms with Crippen molar-refractivity contribution in [2.24, 2.45) is 0 Å². The van der Waals surface area contributed by atoms with Crippen molar-refractivity contribution >= 4 is 11.8 Å². The van der Waals surface area contributed by atoms with Gasteiger partial charge in [0.25, 0.3) is 0 Å². The van der Waals surface area contributed by atoms with E-state index in [1.807, 2.05) is 0 Å². The number of carboxylic acids is 1. The zero-order valence-electron chi connectivity index (χ0n) is 8.37. The lowest BCUT2D eigenvalue weighted by Gasteiger charge is -1.99. The lowest BCUT2D eigenvalue weighted by Crippen LogP contribution is -2.12. The second-order valence-corrected chi connectivity index (χ2v) is 3.15. The first-order valence-electron chi connectivity index (χ1n) is 4.20. The van der Waals surface area contributed by atoms with Crippen molar-refractivity contribution in [3.05, 3.63) is 17.0 Å². The first-order valence-corrected chi connectivity index (χ1v) is 4.20. The third kappa shape index (κ3) is 1.81. The van der Waals surface area contributed by atoms with Crippen LogP contribution in [0.2, 0.25) is 0 Å². The maximum absolute atomic E-state index is 11.2. The maximum Gasteiger partial charge on any atom is 0.325 e. The van der Waals surface area contributed by atoms with Gasteiger partial charge in [-0.15, -0.1) is 0 Å². The van der Waals surface area contributed by atoms with Gasteiger partial charge in [-0.2, -0.15) is 5.10 Å². The molecule has 0 aliphatic carbocycles. The van der Waals surface area contributed by atoms with Gasteiger partial charge in [-0.25, -0.2) is 0 Å². The number of hydrogen-bond acceptors (Lipinski definition) is 3. The molecular formula is C9H12N2O3. The Morgan fingerprint density at radius 3 is 2.36 bits per heavy atom. The largest absolute Gasteiger partial charge is 0.480 e. The fourth-order valence-electron chi connectivity index (χ4n) is 1.49. The summed E-state index contributed by atoms with van der Waals surface area (Å²) in [6.07, 6.45) is 0. The van der Waals surface area contributed by atoms with Crippen LogP contribution in [-0.4, -0.2) is 26.6 Å². The Kier molecular flexibility index (Phi) is 2.69. The fraction of sp³-hybridized carbons (Fsp3) is 0.444. The van der Waals surface area contributed by atoms with Crippen molar-refractivity contribution in [1.29, 1.82) is 0 Å². The molecule has 0 aliphatic rings. The Balaban J connectivity index is 3.16. The molecule has 1 rings (SSSR count). The highest BCUT2D eigenvalue weighted by Gasteiger charge is 2.16. The molecule has 0 fully saturated rings. The SMILES string of the molecule is CC(=O)c1c(C)nn(CC(=O)O)c1C. The van der Waals surface area contributed by atoms with Crippen LogP contribution in [0, 0.1) is 13.8 Å². The van der Waals surface area contributed by atoms with Crippen molar-refractivity contribution in [2.75, 3.05) is 0 Å².